The first-order valence-corrected chi connectivity index (χ1v) is 11.7. The standard InChI is InChI=1S/C28H29N3O2/c32-28(33)26-11-5-15-29-27(26)31-19-17-30(18-20-31)16-6-12-25-23-9-3-1-7-21(23)13-14-22-8-2-4-10-24(22)25/h1-5,7-12,15H,6,13-14,16-20H2,(H,32,33). The van der Waals surface area contributed by atoms with Crippen molar-refractivity contribution in [2.75, 3.05) is 37.6 Å². The Labute approximate surface area is 195 Å². The lowest BCUT2D eigenvalue weighted by atomic mass is 9.93. The summed E-state index contributed by atoms with van der Waals surface area (Å²) >= 11 is 0. The number of aromatic carboxylic acids is 1. The Morgan fingerprint density at radius 3 is 2.15 bits per heavy atom. The van der Waals surface area contributed by atoms with Crippen LogP contribution in [0.25, 0.3) is 5.57 Å². The first-order valence-electron chi connectivity index (χ1n) is 11.7. The number of carbonyl (C=O) groups is 1. The van der Waals surface area contributed by atoms with Gasteiger partial charge in [0.05, 0.1) is 0 Å². The van der Waals surface area contributed by atoms with Gasteiger partial charge in [0.25, 0.3) is 0 Å². The molecule has 1 aliphatic heterocycles. The van der Waals surface area contributed by atoms with Gasteiger partial charge in [-0.05, 0) is 59.2 Å². The van der Waals surface area contributed by atoms with E-state index >= 15 is 0 Å². The fourth-order valence-corrected chi connectivity index (χ4v) is 5.03. The van der Waals surface area contributed by atoms with Crippen LogP contribution in [0.15, 0.2) is 72.9 Å². The number of hydrogen-bond acceptors (Lipinski definition) is 4. The molecule has 0 radical (unpaired) electrons. The van der Waals surface area contributed by atoms with Gasteiger partial charge in [0.15, 0.2) is 0 Å². The fourth-order valence-electron chi connectivity index (χ4n) is 5.03. The number of anilines is 1. The van der Waals surface area contributed by atoms with E-state index < -0.39 is 5.97 Å². The second kappa shape index (κ2) is 9.59. The quantitative estimate of drug-likeness (QED) is 0.633. The lowest BCUT2D eigenvalue weighted by Crippen LogP contribution is -2.47. The first-order chi connectivity index (χ1) is 16.2. The number of fused-ring (bicyclic) bond motifs is 2. The van der Waals surface area contributed by atoms with E-state index in [1.54, 1.807) is 18.3 Å². The van der Waals surface area contributed by atoms with Crippen LogP contribution in [0.4, 0.5) is 5.82 Å². The number of aromatic nitrogens is 1. The van der Waals surface area contributed by atoms with Crippen molar-refractivity contribution in [2.24, 2.45) is 0 Å². The molecule has 1 aromatic heterocycles. The molecule has 0 bridgehead atoms. The van der Waals surface area contributed by atoms with Crippen molar-refractivity contribution < 1.29 is 9.90 Å². The molecule has 3 aromatic rings. The summed E-state index contributed by atoms with van der Waals surface area (Å²) in [6, 6.07) is 20.9. The minimum atomic E-state index is -0.920. The molecule has 0 saturated carbocycles. The van der Waals surface area contributed by atoms with Crippen molar-refractivity contribution in [3.8, 4) is 0 Å². The molecule has 5 nitrogen and oxygen atoms in total. The van der Waals surface area contributed by atoms with E-state index in [1.807, 2.05) is 0 Å². The Morgan fingerprint density at radius 2 is 1.52 bits per heavy atom. The lowest BCUT2D eigenvalue weighted by Gasteiger charge is -2.35. The fraction of sp³-hybridized carbons (Fsp3) is 0.286. The summed E-state index contributed by atoms with van der Waals surface area (Å²) in [5.41, 5.74) is 7.22. The number of hydrogen-bond donors (Lipinski definition) is 1. The largest absolute Gasteiger partial charge is 0.478 e. The maximum absolute atomic E-state index is 11.5. The summed E-state index contributed by atoms with van der Waals surface area (Å²) in [5.74, 6) is -0.338. The van der Waals surface area contributed by atoms with Gasteiger partial charge in [-0.15, -0.1) is 0 Å². The number of pyridine rings is 1. The van der Waals surface area contributed by atoms with E-state index in [1.165, 1.54) is 27.8 Å². The average Bonchev–Trinajstić information content (AvgIpc) is 3.02. The average molecular weight is 440 g/mol. The van der Waals surface area contributed by atoms with Gasteiger partial charge in [0.2, 0.25) is 0 Å². The molecule has 168 valence electrons. The Bertz CT molecular complexity index is 1130. The molecule has 1 saturated heterocycles. The van der Waals surface area contributed by atoms with Crippen LogP contribution in [-0.2, 0) is 12.8 Å². The summed E-state index contributed by atoms with van der Waals surface area (Å²) in [6.45, 7) is 4.40. The zero-order valence-corrected chi connectivity index (χ0v) is 18.8. The molecule has 1 aliphatic carbocycles. The SMILES string of the molecule is O=C(O)c1cccnc1N1CCN(CCC=C2c3ccccc3CCc3ccccc32)CC1. The van der Waals surface area contributed by atoms with Crippen molar-refractivity contribution in [1.29, 1.82) is 0 Å². The van der Waals surface area contributed by atoms with Crippen LogP contribution in [0.3, 0.4) is 0 Å². The highest BCUT2D eigenvalue weighted by molar-refractivity contribution is 5.93. The Hall–Kier alpha value is -3.44. The number of rotatable bonds is 5. The van der Waals surface area contributed by atoms with Gasteiger partial charge in [0.1, 0.15) is 11.4 Å². The van der Waals surface area contributed by atoms with E-state index in [2.05, 4.69) is 69.4 Å². The zero-order chi connectivity index (χ0) is 22.6. The topological polar surface area (TPSA) is 56.7 Å². The molecular weight excluding hydrogens is 410 g/mol. The second-order valence-corrected chi connectivity index (χ2v) is 8.73. The monoisotopic (exact) mass is 439 g/mol. The molecule has 33 heavy (non-hydrogen) atoms. The molecule has 2 heterocycles. The highest BCUT2D eigenvalue weighted by Crippen LogP contribution is 2.33. The Kier molecular flexibility index (Phi) is 6.22. The van der Waals surface area contributed by atoms with Gasteiger partial charge in [-0.25, -0.2) is 9.78 Å². The van der Waals surface area contributed by atoms with Crippen molar-refractivity contribution in [2.45, 2.75) is 19.3 Å². The molecule has 1 fully saturated rings. The van der Waals surface area contributed by atoms with Crippen molar-refractivity contribution >= 4 is 17.4 Å². The van der Waals surface area contributed by atoms with Crippen LogP contribution >= 0.6 is 0 Å². The summed E-state index contributed by atoms with van der Waals surface area (Å²) < 4.78 is 0. The van der Waals surface area contributed by atoms with Gasteiger partial charge in [0, 0.05) is 38.9 Å². The Balaban J connectivity index is 1.27. The minimum Gasteiger partial charge on any atom is -0.478 e. The van der Waals surface area contributed by atoms with Gasteiger partial charge >= 0.3 is 5.97 Å². The molecule has 5 rings (SSSR count). The predicted octanol–water partition coefficient (Wildman–Crippen LogP) is 4.52. The molecule has 0 atom stereocenters. The van der Waals surface area contributed by atoms with E-state index in [0.29, 0.717) is 5.82 Å². The van der Waals surface area contributed by atoms with E-state index in [0.717, 1.165) is 52.0 Å². The third kappa shape index (κ3) is 4.55. The van der Waals surface area contributed by atoms with Crippen molar-refractivity contribution in [3.63, 3.8) is 0 Å². The minimum absolute atomic E-state index is 0.279. The Morgan fingerprint density at radius 1 is 0.879 bits per heavy atom. The zero-order valence-electron chi connectivity index (χ0n) is 18.8. The van der Waals surface area contributed by atoms with Crippen LogP contribution in [0.1, 0.15) is 39.0 Å². The van der Waals surface area contributed by atoms with Crippen LogP contribution in [0, 0.1) is 0 Å². The van der Waals surface area contributed by atoms with E-state index in [4.69, 9.17) is 0 Å². The van der Waals surface area contributed by atoms with Gasteiger partial charge in [-0.1, -0.05) is 54.6 Å². The smallest absolute Gasteiger partial charge is 0.339 e. The maximum atomic E-state index is 11.5. The van der Waals surface area contributed by atoms with Crippen molar-refractivity contribution in [3.05, 3.63) is 101 Å². The molecule has 0 unspecified atom stereocenters. The molecule has 0 spiro atoms. The summed E-state index contributed by atoms with van der Waals surface area (Å²) in [5, 5.41) is 9.46. The highest BCUT2D eigenvalue weighted by atomic mass is 16.4. The third-order valence-electron chi connectivity index (χ3n) is 6.76. The van der Waals surface area contributed by atoms with Crippen LogP contribution in [-0.4, -0.2) is 53.7 Å². The van der Waals surface area contributed by atoms with Crippen LogP contribution < -0.4 is 4.90 Å². The summed E-state index contributed by atoms with van der Waals surface area (Å²) in [4.78, 5) is 20.4. The molecule has 2 aliphatic rings. The molecule has 2 aromatic carbocycles. The normalized spacial score (nSPS) is 16.0. The number of piperazine rings is 1. The number of carboxylic acid groups (broad SMARTS) is 1. The third-order valence-corrected chi connectivity index (χ3v) is 6.76. The lowest BCUT2D eigenvalue weighted by molar-refractivity contribution is 0.0697. The first kappa shape index (κ1) is 21.4. The number of benzene rings is 2. The van der Waals surface area contributed by atoms with E-state index in [-0.39, 0.29) is 5.56 Å². The molecule has 1 N–H and O–H groups in total. The van der Waals surface area contributed by atoms with Crippen LogP contribution in [0.2, 0.25) is 0 Å². The van der Waals surface area contributed by atoms with Gasteiger partial charge in [-0.2, -0.15) is 0 Å². The van der Waals surface area contributed by atoms with E-state index in [9.17, 15) is 9.90 Å². The number of carboxylic acids is 1. The van der Waals surface area contributed by atoms with Crippen molar-refractivity contribution in [1.82, 2.24) is 9.88 Å². The molecule has 5 heteroatoms. The summed E-state index contributed by atoms with van der Waals surface area (Å²) in [6.07, 6.45) is 7.23. The molecular formula is C28H29N3O2. The number of nitrogens with zero attached hydrogens (tertiary/aromatic N) is 3. The molecule has 0 amide bonds. The van der Waals surface area contributed by atoms with Gasteiger partial charge < -0.3 is 10.0 Å². The maximum Gasteiger partial charge on any atom is 0.339 e. The predicted molar refractivity (Wildman–Crippen MR) is 132 cm³/mol. The number of aryl methyl sites for hydroxylation is 2. The highest BCUT2D eigenvalue weighted by Gasteiger charge is 2.22. The summed E-state index contributed by atoms with van der Waals surface area (Å²) in [7, 11) is 0. The van der Waals surface area contributed by atoms with Gasteiger partial charge in [-0.3, -0.25) is 4.90 Å². The van der Waals surface area contributed by atoms with Crippen LogP contribution in [0.5, 0.6) is 0 Å². The second-order valence-electron chi connectivity index (χ2n) is 8.73.